The van der Waals surface area contributed by atoms with Crippen LogP contribution in [0.1, 0.15) is 43.1 Å². The Bertz CT molecular complexity index is 1310. The molecule has 0 amide bonds. The fourth-order valence-electron chi connectivity index (χ4n) is 5.18. The minimum Gasteiger partial charge on any atom is -0.508 e. The van der Waals surface area contributed by atoms with Crippen molar-refractivity contribution in [3.05, 3.63) is 89.0 Å². The normalized spacial score (nSPS) is 20.5. The molecule has 3 aromatic carbocycles. The van der Waals surface area contributed by atoms with Gasteiger partial charge in [0.2, 0.25) is 0 Å². The maximum absolute atomic E-state index is 14.9. The molecule has 3 aromatic rings. The zero-order chi connectivity index (χ0) is 26.1. The highest BCUT2D eigenvalue weighted by atomic mass is 19.1. The van der Waals surface area contributed by atoms with Crippen molar-refractivity contribution in [3.63, 3.8) is 0 Å². The van der Waals surface area contributed by atoms with Crippen LogP contribution in [0.5, 0.6) is 17.2 Å². The maximum atomic E-state index is 14.9. The van der Waals surface area contributed by atoms with E-state index in [0.29, 0.717) is 29.2 Å². The van der Waals surface area contributed by atoms with Gasteiger partial charge in [0.25, 0.3) is 0 Å². The number of hydrogen-bond acceptors (Lipinski definition) is 4. The highest BCUT2D eigenvalue weighted by Gasteiger charge is 2.31. The summed E-state index contributed by atoms with van der Waals surface area (Å²) in [5, 5.41) is 10.0. The van der Waals surface area contributed by atoms with E-state index in [9.17, 15) is 18.3 Å². The fraction of sp³-hybridized carbons (Fsp3) is 0.333. The van der Waals surface area contributed by atoms with Gasteiger partial charge in [-0.25, -0.2) is 8.78 Å². The van der Waals surface area contributed by atoms with Crippen molar-refractivity contribution in [1.82, 2.24) is 4.90 Å². The number of allylic oxidation sites excluding steroid dienone is 1. The van der Waals surface area contributed by atoms with E-state index in [1.165, 1.54) is 12.1 Å². The topological polar surface area (TPSA) is 41.9 Å². The smallest absolute Gasteiger partial charge is 0.150 e. The van der Waals surface area contributed by atoms with E-state index in [0.717, 1.165) is 36.7 Å². The molecule has 0 saturated carbocycles. The first kappa shape index (κ1) is 25.2. The highest BCUT2D eigenvalue weighted by Crippen LogP contribution is 2.48. The van der Waals surface area contributed by atoms with Crippen molar-refractivity contribution < 1.29 is 27.8 Å². The molecule has 194 valence electrons. The standard InChI is InChI=1S/C30H30F3NO3/c1-18(34-12-11-20(15-31)16-34)17-36-24-7-3-21(4-8-24)30-29(25-9-5-22(32)13-27(25)33)19(2)26-14-23(35)6-10-28(26)37-30/h3-10,13-14,18,20,30,35H,11-12,15-17H2,1-2H3. The molecule has 1 saturated heterocycles. The highest BCUT2D eigenvalue weighted by molar-refractivity contribution is 5.95. The Labute approximate surface area is 215 Å². The summed E-state index contributed by atoms with van der Waals surface area (Å²) in [6, 6.07) is 15.9. The van der Waals surface area contributed by atoms with Gasteiger partial charge in [0.05, 0.1) is 6.67 Å². The third-order valence-electron chi connectivity index (χ3n) is 7.33. The number of benzene rings is 3. The molecule has 4 nitrogen and oxygen atoms in total. The van der Waals surface area contributed by atoms with Crippen molar-refractivity contribution in [2.24, 2.45) is 5.92 Å². The first-order chi connectivity index (χ1) is 17.8. The van der Waals surface area contributed by atoms with Crippen molar-refractivity contribution in [2.45, 2.75) is 32.4 Å². The van der Waals surface area contributed by atoms with Crippen molar-refractivity contribution in [2.75, 3.05) is 26.4 Å². The van der Waals surface area contributed by atoms with Crippen LogP contribution in [0.4, 0.5) is 13.2 Å². The number of aromatic hydroxyl groups is 1. The van der Waals surface area contributed by atoms with Crippen LogP contribution in [-0.4, -0.2) is 42.4 Å². The minimum absolute atomic E-state index is 0.0731. The first-order valence-electron chi connectivity index (χ1n) is 12.5. The van der Waals surface area contributed by atoms with Crippen molar-refractivity contribution >= 4 is 11.1 Å². The number of phenols is 1. The Hall–Kier alpha value is -3.45. The van der Waals surface area contributed by atoms with Crippen molar-refractivity contribution in [3.8, 4) is 17.2 Å². The molecule has 0 bridgehead atoms. The van der Waals surface area contributed by atoms with Crippen LogP contribution >= 0.6 is 0 Å². The molecule has 0 aliphatic carbocycles. The molecule has 3 unspecified atom stereocenters. The lowest BCUT2D eigenvalue weighted by atomic mass is 9.86. The third-order valence-corrected chi connectivity index (χ3v) is 7.33. The molecule has 0 aromatic heterocycles. The van der Waals surface area contributed by atoms with E-state index in [1.807, 2.05) is 31.2 Å². The van der Waals surface area contributed by atoms with Crippen LogP contribution < -0.4 is 9.47 Å². The molecule has 5 rings (SSSR count). The van der Waals surface area contributed by atoms with Gasteiger partial charge in [-0.2, -0.15) is 0 Å². The van der Waals surface area contributed by atoms with Gasteiger partial charge in [-0.1, -0.05) is 12.1 Å². The zero-order valence-electron chi connectivity index (χ0n) is 20.9. The van der Waals surface area contributed by atoms with Crippen LogP contribution in [0.3, 0.4) is 0 Å². The molecular weight excluding hydrogens is 479 g/mol. The lowest BCUT2D eigenvalue weighted by Crippen LogP contribution is -2.35. The van der Waals surface area contributed by atoms with Crippen LogP contribution in [-0.2, 0) is 0 Å². The summed E-state index contributed by atoms with van der Waals surface area (Å²) in [6.07, 6.45) is 0.232. The van der Waals surface area contributed by atoms with E-state index in [-0.39, 0.29) is 29.9 Å². The Morgan fingerprint density at radius 2 is 1.84 bits per heavy atom. The van der Waals surface area contributed by atoms with Gasteiger partial charge in [-0.05, 0) is 80.4 Å². The largest absolute Gasteiger partial charge is 0.508 e. The van der Waals surface area contributed by atoms with Gasteiger partial charge in [0.15, 0.2) is 0 Å². The van der Waals surface area contributed by atoms with Gasteiger partial charge < -0.3 is 14.6 Å². The summed E-state index contributed by atoms with van der Waals surface area (Å²) < 4.78 is 53.9. The average molecular weight is 510 g/mol. The number of alkyl halides is 1. The number of likely N-dealkylation sites (tertiary alicyclic amines) is 1. The van der Waals surface area contributed by atoms with Crippen molar-refractivity contribution in [1.29, 1.82) is 0 Å². The Morgan fingerprint density at radius 1 is 1.05 bits per heavy atom. The predicted octanol–water partition coefficient (Wildman–Crippen LogP) is 6.79. The molecular formula is C30H30F3NO3. The number of phenolic OH excluding ortho intramolecular Hbond substituents is 1. The second kappa shape index (κ2) is 10.5. The second-order valence-corrected chi connectivity index (χ2v) is 9.87. The molecule has 37 heavy (non-hydrogen) atoms. The zero-order valence-corrected chi connectivity index (χ0v) is 20.9. The van der Waals surface area contributed by atoms with Gasteiger partial charge in [-0.15, -0.1) is 0 Å². The number of fused-ring (bicyclic) bond motifs is 1. The van der Waals surface area contributed by atoms with E-state index in [2.05, 4.69) is 11.8 Å². The molecule has 1 fully saturated rings. The summed E-state index contributed by atoms with van der Waals surface area (Å²) in [4.78, 5) is 2.25. The summed E-state index contributed by atoms with van der Waals surface area (Å²) in [5.74, 6) is 0.103. The van der Waals surface area contributed by atoms with Gasteiger partial charge >= 0.3 is 0 Å². The molecule has 2 aliphatic heterocycles. The molecule has 0 radical (unpaired) electrons. The molecule has 3 atom stereocenters. The first-order valence-corrected chi connectivity index (χ1v) is 12.5. The summed E-state index contributed by atoms with van der Waals surface area (Å²) in [5.41, 5.74) is 2.97. The second-order valence-electron chi connectivity index (χ2n) is 9.87. The Balaban J connectivity index is 1.40. The number of hydrogen-bond donors (Lipinski definition) is 1. The van der Waals surface area contributed by atoms with E-state index >= 15 is 0 Å². The number of ether oxygens (including phenoxy) is 2. The molecule has 1 N–H and O–H groups in total. The third kappa shape index (κ3) is 5.18. The van der Waals surface area contributed by atoms with Crippen LogP contribution in [0.2, 0.25) is 0 Å². The van der Waals surface area contributed by atoms with Crippen LogP contribution in [0.15, 0.2) is 60.7 Å². The summed E-state index contributed by atoms with van der Waals surface area (Å²) >= 11 is 0. The van der Waals surface area contributed by atoms with Crippen LogP contribution in [0, 0.1) is 17.6 Å². The quantitative estimate of drug-likeness (QED) is 0.381. The van der Waals surface area contributed by atoms with Gasteiger partial charge in [-0.3, -0.25) is 9.29 Å². The van der Waals surface area contributed by atoms with Gasteiger partial charge in [0.1, 0.15) is 41.6 Å². The molecule has 7 heteroatoms. The molecule has 2 aliphatic rings. The number of rotatable bonds is 7. The SMILES string of the molecule is CC1=C(c2ccc(F)cc2F)C(c2ccc(OCC(C)N3CCC(CF)C3)cc2)Oc2ccc(O)cc21. The minimum atomic E-state index is -0.683. The predicted molar refractivity (Wildman–Crippen MR) is 137 cm³/mol. The van der Waals surface area contributed by atoms with Gasteiger partial charge in [0, 0.05) is 41.3 Å². The Kier molecular flexibility index (Phi) is 7.15. The van der Waals surface area contributed by atoms with Crippen LogP contribution in [0.25, 0.3) is 11.1 Å². The van der Waals surface area contributed by atoms with E-state index in [4.69, 9.17) is 9.47 Å². The monoisotopic (exact) mass is 509 g/mol. The lowest BCUT2D eigenvalue weighted by Gasteiger charge is -2.31. The maximum Gasteiger partial charge on any atom is 0.150 e. The summed E-state index contributed by atoms with van der Waals surface area (Å²) in [6.45, 7) is 5.77. The molecule has 2 heterocycles. The fourth-order valence-corrected chi connectivity index (χ4v) is 5.18. The molecule has 0 spiro atoms. The van der Waals surface area contributed by atoms with E-state index < -0.39 is 17.7 Å². The average Bonchev–Trinajstić information content (AvgIpc) is 3.38. The number of halogens is 3. The number of nitrogens with zero attached hydrogens (tertiary/aromatic N) is 1. The lowest BCUT2D eigenvalue weighted by molar-refractivity contribution is 0.165. The summed E-state index contributed by atoms with van der Waals surface area (Å²) in [7, 11) is 0. The Morgan fingerprint density at radius 3 is 2.54 bits per heavy atom. The van der Waals surface area contributed by atoms with E-state index in [1.54, 1.807) is 18.2 Å².